The number of likely N-dealkylation sites (tertiary alicyclic amines) is 1. The van der Waals surface area contributed by atoms with Crippen LogP contribution < -0.4 is 11.1 Å². The average molecular weight is 263 g/mol. The van der Waals surface area contributed by atoms with E-state index < -0.39 is 6.09 Å². The van der Waals surface area contributed by atoms with E-state index in [0.29, 0.717) is 37.2 Å². The van der Waals surface area contributed by atoms with Crippen LogP contribution in [0.3, 0.4) is 0 Å². The van der Waals surface area contributed by atoms with E-state index in [0.717, 1.165) is 0 Å². The summed E-state index contributed by atoms with van der Waals surface area (Å²) < 4.78 is 0. The van der Waals surface area contributed by atoms with Crippen LogP contribution in [0.2, 0.25) is 0 Å². The quantitative estimate of drug-likeness (QED) is 0.697. The van der Waals surface area contributed by atoms with Crippen LogP contribution >= 0.6 is 0 Å². The number of amides is 2. The number of hydrogen-bond donors (Lipinski definition) is 3. The molecular formula is C13H17N3O3. The van der Waals surface area contributed by atoms with E-state index >= 15 is 0 Å². The Hall–Kier alpha value is -2.24. The van der Waals surface area contributed by atoms with Crippen LogP contribution in [0, 0.1) is 0 Å². The third-order valence-corrected chi connectivity index (χ3v) is 3.30. The second-order valence-corrected chi connectivity index (χ2v) is 4.60. The normalized spacial score (nSPS) is 16.1. The van der Waals surface area contributed by atoms with E-state index in [1.807, 2.05) is 0 Å². The number of carboxylic acid groups (broad SMARTS) is 1. The first-order chi connectivity index (χ1) is 9.08. The highest BCUT2D eigenvalue weighted by atomic mass is 16.4. The number of nitrogens with zero attached hydrogens (tertiary/aromatic N) is 1. The zero-order valence-electron chi connectivity index (χ0n) is 10.5. The Kier molecular flexibility index (Phi) is 3.89. The van der Waals surface area contributed by atoms with Gasteiger partial charge in [-0.05, 0) is 25.0 Å². The molecule has 0 spiro atoms. The summed E-state index contributed by atoms with van der Waals surface area (Å²) in [5.41, 5.74) is 6.76. The third kappa shape index (κ3) is 3.15. The van der Waals surface area contributed by atoms with E-state index in [4.69, 9.17) is 10.8 Å². The van der Waals surface area contributed by atoms with Gasteiger partial charge in [0.1, 0.15) is 0 Å². The fourth-order valence-electron chi connectivity index (χ4n) is 2.26. The molecule has 1 fully saturated rings. The molecule has 1 aliphatic heterocycles. The Bertz CT molecular complexity index is 482. The van der Waals surface area contributed by atoms with Crippen LogP contribution in [0.25, 0.3) is 0 Å². The van der Waals surface area contributed by atoms with E-state index in [-0.39, 0.29) is 11.9 Å². The summed E-state index contributed by atoms with van der Waals surface area (Å²) in [5, 5.41) is 11.1. The summed E-state index contributed by atoms with van der Waals surface area (Å²) in [6.45, 7) is 1.08. The Morgan fingerprint density at radius 2 is 1.89 bits per heavy atom. The largest absolute Gasteiger partial charge is 0.465 e. The number of piperidine rings is 1. The lowest BCUT2D eigenvalue weighted by Gasteiger charge is -2.32. The van der Waals surface area contributed by atoms with Gasteiger partial charge in [-0.3, -0.25) is 4.79 Å². The van der Waals surface area contributed by atoms with Crippen molar-refractivity contribution in [2.45, 2.75) is 18.9 Å². The molecule has 0 aliphatic carbocycles. The van der Waals surface area contributed by atoms with Crippen LogP contribution in [0.5, 0.6) is 0 Å². The Balaban J connectivity index is 1.96. The highest BCUT2D eigenvalue weighted by Gasteiger charge is 2.25. The van der Waals surface area contributed by atoms with Crippen molar-refractivity contribution in [3.63, 3.8) is 0 Å². The Morgan fingerprint density at radius 3 is 2.47 bits per heavy atom. The molecule has 0 aromatic heterocycles. The minimum atomic E-state index is -1.02. The van der Waals surface area contributed by atoms with Crippen molar-refractivity contribution in [3.8, 4) is 0 Å². The molecular weight excluding hydrogens is 246 g/mol. The van der Waals surface area contributed by atoms with Crippen molar-refractivity contribution >= 4 is 17.7 Å². The number of carbonyl (C=O) groups is 2. The van der Waals surface area contributed by atoms with Gasteiger partial charge >= 0.3 is 6.09 Å². The summed E-state index contributed by atoms with van der Waals surface area (Å²) in [7, 11) is 0. The number of rotatable bonds is 2. The summed E-state index contributed by atoms with van der Waals surface area (Å²) in [5.74, 6) is -0.0909. The van der Waals surface area contributed by atoms with Crippen molar-refractivity contribution < 1.29 is 14.7 Å². The van der Waals surface area contributed by atoms with Crippen LogP contribution in [0.15, 0.2) is 24.3 Å². The molecule has 0 atom stereocenters. The maximum Gasteiger partial charge on any atom is 0.404 e. The standard InChI is InChI=1S/C13H17N3O3/c14-11-4-2-1-3-10(11)12(17)16-7-5-9(6-8-16)15-13(18)19/h1-4,9,15H,5-8,14H2,(H,18,19). The summed E-state index contributed by atoms with van der Waals surface area (Å²) >= 11 is 0. The number of para-hydroxylation sites is 1. The first kappa shape index (κ1) is 13.2. The monoisotopic (exact) mass is 263 g/mol. The molecule has 1 aliphatic rings. The highest BCUT2D eigenvalue weighted by Crippen LogP contribution is 2.17. The Morgan fingerprint density at radius 1 is 1.26 bits per heavy atom. The van der Waals surface area contributed by atoms with E-state index in [1.54, 1.807) is 29.2 Å². The number of nitrogens with one attached hydrogen (secondary N) is 1. The number of carbonyl (C=O) groups excluding carboxylic acids is 1. The van der Waals surface area contributed by atoms with E-state index in [9.17, 15) is 9.59 Å². The summed E-state index contributed by atoms with van der Waals surface area (Å²) in [6.07, 6.45) is 0.243. The first-order valence-electron chi connectivity index (χ1n) is 6.21. The van der Waals surface area contributed by atoms with Gasteiger partial charge in [-0.25, -0.2) is 4.79 Å². The van der Waals surface area contributed by atoms with Crippen molar-refractivity contribution in [1.82, 2.24) is 10.2 Å². The minimum Gasteiger partial charge on any atom is -0.465 e. The van der Waals surface area contributed by atoms with E-state index in [1.165, 1.54) is 0 Å². The van der Waals surface area contributed by atoms with Crippen molar-refractivity contribution in [1.29, 1.82) is 0 Å². The molecule has 0 unspecified atom stereocenters. The van der Waals surface area contributed by atoms with Gasteiger partial charge in [0.25, 0.3) is 5.91 Å². The second kappa shape index (κ2) is 5.60. The average Bonchev–Trinajstić information content (AvgIpc) is 2.39. The number of benzene rings is 1. The van der Waals surface area contributed by atoms with Gasteiger partial charge in [0, 0.05) is 24.8 Å². The zero-order chi connectivity index (χ0) is 13.8. The van der Waals surface area contributed by atoms with Crippen molar-refractivity contribution in [2.24, 2.45) is 0 Å². The van der Waals surface area contributed by atoms with Gasteiger partial charge < -0.3 is 21.1 Å². The minimum absolute atomic E-state index is 0.0744. The molecule has 4 N–H and O–H groups in total. The zero-order valence-corrected chi connectivity index (χ0v) is 10.5. The molecule has 2 rings (SSSR count). The van der Waals surface area contributed by atoms with Gasteiger partial charge in [-0.2, -0.15) is 0 Å². The smallest absolute Gasteiger partial charge is 0.404 e. The molecule has 102 valence electrons. The lowest BCUT2D eigenvalue weighted by Crippen LogP contribution is -2.46. The lowest BCUT2D eigenvalue weighted by atomic mass is 10.0. The molecule has 0 radical (unpaired) electrons. The molecule has 1 heterocycles. The van der Waals surface area contributed by atoms with Gasteiger partial charge in [-0.15, -0.1) is 0 Å². The fourth-order valence-corrected chi connectivity index (χ4v) is 2.26. The van der Waals surface area contributed by atoms with Gasteiger partial charge in [0.2, 0.25) is 0 Å². The number of hydrogen-bond acceptors (Lipinski definition) is 3. The molecule has 19 heavy (non-hydrogen) atoms. The summed E-state index contributed by atoms with van der Waals surface area (Å²) in [4.78, 5) is 24.5. The van der Waals surface area contributed by atoms with Gasteiger partial charge in [0.05, 0.1) is 5.56 Å². The molecule has 1 saturated heterocycles. The van der Waals surface area contributed by atoms with Crippen molar-refractivity contribution in [2.75, 3.05) is 18.8 Å². The first-order valence-corrected chi connectivity index (χ1v) is 6.21. The molecule has 6 heteroatoms. The second-order valence-electron chi connectivity index (χ2n) is 4.60. The fraction of sp³-hybridized carbons (Fsp3) is 0.385. The number of nitrogen functional groups attached to an aromatic ring is 1. The molecule has 2 amide bonds. The highest BCUT2D eigenvalue weighted by molar-refractivity contribution is 5.99. The lowest BCUT2D eigenvalue weighted by molar-refractivity contribution is 0.0707. The number of anilines is 1. The summed E-state index contributed by atoms with van der Waals surface area (Å²) in [6, 6.07) is 6.90. The molecule has 1 aromatic rings. The van der Waals surface area contributed by atoms with Crippen LogP contribution in [0.1, 0.15) is 23.2 Å². The van der Waals surface area contributed by atoms with Crippen LogP contribution in [-0.4, -0.2) is 41.1 Å². The van der Waals surface area contributed by atoms with E-state index in [2.05, 4.69) is 5.32 Å². The third-order valence-electron chi connectivity index (χ3n) is 3.30. The number of nitrogens with two attached hydrogens (primary N) is 1. The van der Waals surface area contributed by atoms with Crippen molar-refractivity contribution in [3.05, 3.63) is 29.8 Å². The maximum absolute atomic E-state index is 12.3. The Labute approximate surface area is 111 Å². The molecule has 1 aromatic carbocycles. The predicted octanol–water partition coefficient (Wildman–Crippen LogP) is 1.14. The maximum atomic E-state index is 12.3. The molecule has 0 bridgehead atoms. The van der Waals surface area contributed by atoms with Crippen LogP contribution in [-0.2, 0) is 0 Å². The van der Waals surface area contributed by atoms with Crippen LogP contribution in [0.4, 0.5) is 10.5 Å². The van der Waals surface area contributed by atoms with Gasteiger partial charge in [0.15, 0.2) is 0 Å². The predicted molar refractivity (Wildman–Crippen MR) is 70.9 cm³/mol. The SMILES string of the molecule is Nc1ccccc1C(=O)N1CCC(NC(=O)O)CC1. The van der Waals surface area contributed by atoms with Gasteiger partial charge in [-0.1, -0.05) is 12.1 Å². The molecule has 0 saturated carbocycles. The topological polar surface area (TPSA) is 95.7 Å². The molecule has 6 nitrogen and oxygen atoms in total.